The summed E-state index contributed by atoms with van der Waals surface area (Å²) in [5, 5.41) is 3.25. The molecule has 1 amide bonds. The quantitative estimate of drug-likeness (QED) is 0.773. The van der Waals surface area contributed by atoms with Crippen LogP contribution < -0.4 is 10.2 Å². The van der Waals surface area contributed by atoms with Gasteiger partial charge in [-0.15, -0.1) is 0 Å². The van der Waals surface area contributed by atoms with Gasteiger partial charge in [0.05, 0.1) is 0 Å². The van der Waals surface area contributed by atoms with E-state index in [-0.39, 0.29) is 0 Å². The Balaban J connectivity index is 1.98. The highest BCUT2D eigenvalue weighted by Crippen LogP contribution is 2.15. The zero-order chi connectivity index (χ0) is 12.8. The van der Waals surface area contributed by atoms with Crippen LogP contribution in [0.3, 0.4) is 0 Å². The number of nitrogens with one attached hydrogen (secondary N) is 1. The molecule has 1 fully saturated rings. The summed E-state index contributed by atoms with van der Waals surface area (Å²) in [5.74, 6) is 1.79. The van der Waals surface area contributed by atoms with Gasteiger partial charge < -0.3 is 15.1 Å². The fourth-order valence-electron chi connectivity index (χ4n) is 1.93. The van der Waals surface area contributed by atoms with E-state index in [0.717, 1.165) is 57.2 Å². The Labute approximate surface area is 107 Å². The van der Waals surface area contributed by atoms with Crippen molar-refractivity contribution < 1.29 is 4.79 Å². The van der Waals surface area contributed by atoms with E-state index in [9.17, 15) is 4.79 Å². The van der Waals surface area contributed by atoms with Crippen molar-refractivity contribution in [3.8, 4) is 0 Å². The number of piperazine rings is 1. The number of carbonyl (C=O) groups excluding carboxylic acids is 1. The predicted molar refractivity (Wildman–Crippen MR) is 70.7 cm³/mol. The van der Waals surface area contributed by atoms with Gasteiger partial charge in [0, 0.05) is 38.8 Å². The lowest BCUT2D eigenvalue weighted by Gasteiger charge is -2.33. The van der Waals surface area contributed by atoms with Gasteiger partial charge in [-0.1, -0.05) is 6.92 Å². The van der Waals surface area contributed by atoms with Crippen LogP contribution in [0.15, 0.2) is 12.4 Å². The third kappa shape index (κ3) is 3.09. The van der Waals surface area contributed by atoms with Gasteiger partial charge in [-0.2, -0.15) is 0 Å². The normalized spacial score (nSPS) is 15.6. The smallest absolute Gasteiger partial charge is 0.209 e. The molecule has 98 valence electrons. The molecular weight excluding hydrogens is 230 g/mol. The van der Waals surface area contributed by atoms with Gasteiger partial charge in [-0.05, 0) is 6.42 Å². The van der Waals surface area contributed by atoms with Crippen LogP contribution in [0.2, 0.25) is 0 Å². The van der Waals surface area contributed by atoms with E-state index >= 15 is 0 Å². The molecule has 6 nitrogen and oxygen atoms in total. The monoisotopic (exact) mass is 249 g/mol. The Morgan fingerprint density at radius 3 is 2.78 bits per heavy atom. The molecule has 18 heavy (non-hydrogen) atoms. The molecule has 1 saturated heterocycles. The number of aromatic nitrogens is 2. The van der Waals surface area contributed by atoms with Crippen molar-refractivity contribution in [1.82, 2.24) is 14.9 Å². The molecule has 0 aromatic carbocycles. The zero-order valence-corrected chi connectivity index (χ0v) is 10.7. The Morgan fingerprint density at radius 1 is 1.33 bits per heavy atom. The number of anilines is 2. The summed E-state index contributed by atoms with van der Waals surface area (Å²) in [5.41, 5.74) is 0. The second-order valence-corrected chi connectivity index (χ2v) is 4.32. The Kier molecular flexibility index (Phi) is 4.33. The molecule has 0 unspecified atom stereocenters. The maximum Gasteiger partial charge on any atom is 0.209 e. The number of carbonyl (C=O) groups is 1. The number of amides is 1. The first kappa shape index (κ1) is 12.6. The van der Waals surface area contributed by atoms with Crippen molar-refractivity contribution in [3.63, 3.8) is 0 Å². The standard InChI is InChI=1S/C12H19N5O/c1-2-3-13-11-8-12(15-9-14-11)17-6-4-16(10-18)5-7-17/h8-10H,2-7H2,1H3,(H,13,14,15). The summed E-state index contributed by atoms with van der Waals surface area (Å²) < 4.78 is 0. The van der Waals surface area contributed by atoms with E-state index in [1.165, 1.54) is 0 Å². The second-order valence-electron chi connectivity index (χ2n) is 4.32. The molecular formula is C12H19N5O. The van der Waals surface area contributed by atoms with Crippen molar-refractivity contribution in [2.24, 2.45) is 0 Å². The van der Waals surface area contributed by atoms with Gasteiger partial charge in [0.2, 0.25) is 6.41 Å². The molecule has 0 aliphatic carbocycles. The summed E-state index contributed by atoms with van der Waals surface area (Å²) in [4.78, 5) is 23.1. The first-order valence-corrected chi connectivity index (χ1v) is 6.33. The molecule has 6 heteroatoms. The van der Waals surface area contributed by atoms with Gasteiger partial charge in [-0.3, -0.25) is 4.79 Å². The fourth-order valence-corrected chi connectivity index (χ4v) is 1.93. The van der Waals surface area contributed by atoms with Gasteiger partial charge in [0.25, 0.3) is 0 Å². The molecule has 0 saturated carbocycles. The van der Waals surface area contributed by atoms with E-state index in [4.69, 9.17) is 0 Å². The molecule has 1 aliphatic rings. The van der Waals surface area contributed by atoms with Crippen molar-refractivity contribution >= 4 is 18.0 Å². The van der Waals surface area contributed by atoms with Crippen LogP contribution in [0.25, 0.3) is 0 Å². The first-order valence-electron chi connectivity index (χ1n) is 6.33. The number of hydrogen-bond acceptors (Lipinski definition) is 5. The Bertz CT molecular complexity index is 390. The van der Waals surface area contributed by atoms with Crippen molar-refractivity contribution in [1.29, 1.82) is 0 Å². The Morgan fingerprint density at radius 2 is 2.11 bits per heavy atom. The van der Waals surface area contributed by atoms with E-state index in [1.54, 1.807) is 11.2 Å². The minimum Gasteiger partial charge on any atom is -0.370 e. The fraction of sp³-hybridized carbons (Fsp3) is 0.583. The average molecular weight is 249 g/mol. The van der Waals surface area contributed by atoms with Crippen LogP contribution in [0.5, 0.6) is 0 Å². The molecule has 2 rings (SSSR count). The lowest BCUT2D eigenvalue weighted by atomic mass is 10.3. The average Bonchev–Trinajstić information content (AvgIpc) is 2.45. The highest BCUT2D eigenvalue weighted by Gasteiger charge is 2.16. The van der Waals surface area contributed by atoms with Crippen molar-refractivity contribution in [2.75, 3.05) is 42.9 Å². The predicted octanol–water partition coefficient (Wildman–Crippen LogP) is 0.577. The minimum absolute atomic E-state index is 0.755. The minimum atomic E-state index is 0.755. The van der Waals surface area contributed by atoms with Gasteiger partial charge in [0.1, 0.15) is 18.0 Å². The van der Waals surface area contributed by atoms with Gasteiger partial charge in [0.15, 0.2) is 0 Å². The third-order valence-corrected chi connectivity index (χ3v) is 3.00. The molecule has 0 radical (unpaired) electrons. The molecule has 0 atom stereocenters. The van der Waals surface area contributed by atoms with Gasteiger partial charge >= 0.3 is 0 Å². The van der Waals surface area contributed by atoms with Gasteiger partial charge in [-0.25, -0.2) is 9.97 Å². The number of nitrogens with zero attached hydrogens (tertiary/aromatic N) is 4. The lowest BCUT2D eigenvalue weighted by Crippen LogP contribution is -2.46. The summed E-state index contributed by atoms with van der Waals surface area (Å²) in [7, 11) is 0. The largest absolute Gasteiger partial charge is 0.370 e. The third-order valence-electron chi connectivity index (χ3n) is 3.00. The highest BCUT2D eigenvalue weighted by atomic mass is 16.1. The first-order chi connectivity index (χ1) is 8.83. The zero-order valence-electron chi connectivity index (χ0n) is 10.7. The van der Waals surface area contributed by atoms with E-state index in [1.807, 2.05) is 6.07 Å². The SMILES string of the molecule is CCCNc1cc(N2CCN(C=O)CC2)ncn1. The summed E-state index contributed by atoms with van der Waals surface area (Å²) in [6, 6.07) is 1.96. The lowest BCUT2D eigenvalue weighted by molar-refractivity contribution is -0.118. The molecule has 1 N–H and O–H groups in total. The van der Waals surface area contributed by atoms with E-state index in [2.05, 4.69) is 27.1 Å². The maximum atomic E-state index is 10.6. The second kappa shape index (κ2) is 6.18. The highest BCUT2D eigenvalue weighted by molar-refractivity contribution is 5.51. The summed E-state index contributed by atoms with van der Waals surface area (Å²) >= 11 is 0. The van der Waals surface area contributed by atoms with Crippen LogP contribution >= 0.6 is 0 Å². The molecule has 0 spiro atoms. The molecule has 1 aliphatic heterocycles. The van der Waals surface area contributed by atoms with Crippen LogP contribution in [-0.4, -0.2) is 54.0 Å². The molecule has 2 heterocycles. The van der Waals surface area contributed by atoms with Crippen LogP contribution in [-0.2, 0) is 4.79 Å². The topological polar surface area (TPSA) is 61.4 Å². The number of hydrogen-bond donors (Lipinski definition) is 1. The van der Waals surface area contributed by atoms with Crippen LogP contribution in [0, 0.1) is 0 Å². The van der Waals surface area contributed by atoms with Crippen molar-refractivity contribution in [2.45, 2.75) is 13.3 Å². The Hall–Kier alpha value is -1.85. The molecule has 1 aromatic rings. The van der Waals surface area contributed by atoms with Crippen molar-refractivity contribution in [3.05, 3.63) is 12.4 Å². The van der Waals surface area contributed by atoms with E-state index in [0.29, 0.717) is 0 Å². The molecule has 1 aromatic heterocycles. The molecule has 0 bridgehead atoms. The van der Waals surface area contributed by atoms with Crippen LogP contribution in [0.4, 0.5) is 11.6 Å². The number of rotatable bonds is 5. The maximum absolute atomic E-state index is 10.6. The summed E-state index contributed by atoms with van der Waals surface area (Å²) in [6.45, 7) is 6.19. The summed E-state index contributed by atoms with van der Waals surface area (Å²) in [6.07, 6.45) is 3.56. The van der Waals surface area contributed by atoms with Crippen LogP contribution in [0.1, 0.15) is 13.3 Å². The van der Waals surface area contributed by atoms with E-state index < -0.39 is 0 Å².